The number of hydrogen-bond donors (Lipinski definition) is 1. The Morgan fingerprint density at radius 3 is 2.38 bits per heavy atom. The van der Waals surface area contributed by atoms with Crippen LogP contribution in [0.5, 0.6) is 0 Å². The molecular formula is C13H15Cl2NO4S. The van der Waals surface area contributed by atoms with Crippen molar-refractivity contribution in [3.05, 3.63) is 33.8 Å². The minimum absolute atomic E-state index is 0.0461. The summed E-state index contributed by atoms with van der Waals surface area (Å²) >= 11 is 11.9. The number of carboxylic acids is 1. The van der Waals surface area contributed by atoms with E-state index in [4.69, 9.17) is 28.3 Å². The van der Waals surface area contributed by atoms with Gasteiger partial charge < -0.3 is 5.11 Å². The summed E-state index contributed by atoms with van der Waals surface area (Å²) in [5.74, 6) is -0.853. The third kappa shape index (κ3) is 4.32. The fourth-order valence-electron chi connectivity index (χ4n) is 2.38. The lowest BCUT2D eigenvalue weighted by atomic mass is 10.0. The first-order valence-electron chi connectivity index (χ1n) is 6.40. The molecule has 0 aliphatic carbocycles. The molecule has 1 heterocycles. The minimum Gasteiger partial charge on any atom is -0.481 e. The number of carboxylic acid groups (broad SMARTS) is 1. The molecule has 0 unspecified atom stereocenters. The van der Waals surface area contributed by atoms with E-state index >= 15 is 0 Å². The number of rotatable bonds is 4. The summed E-state index contributed by atoms with van der Waals surface area (Å²) in [6, 6.07) is 4.58. The van der Waals surface area contributed by atoms with Crippen molar-refractivity contribution in [2.45, 2.75) is 12.5 Å². The highest BCUT2D eigenvalue weighted by molar-refractivity contribution is 7.91. The average Bonchev–Trinajstić information content (AvgIpc) is 2.39. The lowest BCUT2D eigenvalue weighted by Gasteiger charge is -2.34. The molecule has 1 aromatic rings. The Bertz CT molecular complexity index is 634. The average molecular weight is 352 g/mol. The molecule has 0 amide bonds. The van der Waals surface area contributed by atoms with Crippen LogP contribution < -0.4 is 0 Å². The van der Waals surface area contributed by atoms with Crippen LogP contribution in [-0.4, -0.2) is 49.0 Å². The first-order valence-corrected chi connectivity index (χ1v) is 8.97. The van der Waals surface area contributed by atoms with Gasteiger partial charge in [0.1, 0.15) is 0 Å². The van der Waals surface area contributed by atoms with Crippen molar-refractivity contribution >= 4 is 39.0 Å². The molecule has 0 aromatic heterocycles. The maximum atomic E-state index is 11.5. The molecule has 0 radical (unpaired) electrons. The lowest BCUT2D eigenvalue weighted by molar-refractivity contribution is -0.138. The van der Waals surface area contributed by atoms with Crippen LogP contribution in [0.2, 0.25) is 10.0 Å². The van der Waals surface area contributed by atoms with Gasteiger partial charge in [0, 0.05) is 19.1 Å². The van der Waals surface area contributed by atoms with Gasteiger partial charge in [-0.2, -0.15) is 0 Å². The van der Waals surface area contributed by atoms with E-state index in [1.54, 1.807) is 18.2 Å². The topological polar surface area (TPSA) is 74.7 Å². The van der Waals surface area contributed by atoms with Gasteiger partial charge >= 0.3 is 5.97 Å². The second-order valence-electron chi connectivity index (χ2n) is 4.97. The molecule has 0 saturated carbocycles. The van der Waals surface area contributed by atoms with E-state index in [9.17, 15) is 13.2 Å². The molecule has 8 heteroatoms. The van der Waals surface area contributed by atoms with Crippen LogP contribution in [0.3, 0.4) is 0 Å². The summed E-state index contributed by atoms with van der Waals surface area (Å²) in [5.41, 5.74) is 0.728. The number of hydrogen-bond acceptors (Lipinski definition) is 4. The van der Waals surface area contributed by atoms with Crippen molar-refractivity contribution in [3.8, 4) is 0 Å². The van der Waals surface area contributed by atoms with Gasteiger partial charge in [0.25, 0.3) is 0 Å². The molecule has 0 bridgehead atoms. The van der Waals surface area contributed by atoms with E-state index in [2.05, 4.69) is 0 Å². The molecule has 1 atom stereocenters. The SMILES string of the molecule is O=C(O)C[C@H](c1ccc(Cl)c(Cl)c1)N1CCS(=O)(=O)CC1. The van der Waals surface area contributed by atoms with E-state index in [1.165, 1.54) is 0 Å². The van der Waals surface area contributed by atoms with Gasteiger partial charge in [-0.3, -0.25) is 9.69 Å². The van der Waals surface area contributed by atoms with Crippen LogP contribution in [0, 0.1) is 0 Å². The number of benzene rings is 1. The lowest BCUT2D eigenvalue weighted by Crippen LogP contribution is -2.42. The van der Waals surface area contributed by atoms with Crippen molar-refractivity contribution in [2.75, 3.05) is 24.6 Å². The van der Waals surface area contributed by atoms with Gasteiger partial charge in [-0.25, -0.2) is 8.42 Å². The van der Waals surface area contributed by atoms with Crippen molar-refractivity contribution in [1.82, 2.24) is 4.90 Å². The molecule has 21 heavy (non-hydrogen) atoms. The second-order valence-corrected chi connectivity index (χ2v) is 8.09. The zero-order valence-electron chi connectivity index (χ0n) is 11.1. The third-order valence-corrected chi connectivity index (χ3v) is 5.86. The summed E-state index contributed by atoms with van der Waals surface area (Å²) in [4.78, 5) is 13.0. The Kier molecular flexibility index (Phi) is 5.14. The first kappa shape index (κ1) is 16.5. The van der Waals surface area contributed by atoms with Gasteiger partial charge in [-0.15, -0.1) is 0 Å². The zero-order chi connectivity index (χ0) is 15.6. The van der Waals surface area contributed by atoms with E-state index in [0.717, 1.165) is 5.56 Å². The van der Waals surface area contributed by atoms with E-state index in [1.807, 2.05) is 4.90 Å². The normalized spacial score (nSPS) is 20.1. The van der Waals surface area contributed by atoms with Crippen LogP contribution >= 0.6 is 23.2 Å². The van der Waals surface area contributed by atoms with Crippen molar-refractivity contribution in [3.63, 3.8) is 0 Å². The smallest absolute Gasteiger partial charge is 0.305 e. The highest BCUT2D eigenvalue weighted by atomic mass is 35.5. The number of nitrogens with zero attached hydrogens (tertiary/aromatic N) is 1. The molecule has 1 aliphatic heterocycles. The molecule has 2 rings (SSSR count). The zero-order valence-corrected chi connectivity index (χ0v) is 13.5. The Hall–Kier alpha value is -0.820. The van der Waals surface area contributed by atoms with Crippen molar-refractivity contribution in [1.29, 1.82) is 0 Å². The maximum absolute atomic E-state index is 11.5. The molecule has 5 nitrogen and oxygen atoms in total. The summed E-state index contributed by atoms with van der Waals surface area (Å²) in [7, 11) is -3.01. The fraction of sp³-hybridized carbons (Fsp3) is 0.462. The Morgan fingerprint density at radius 1 is 1.24 bits per heavy atom. The van der Waals surface area contributed by atoms with Crippen LogP contribution in [0.1, 0.15) is 18.0 Å². The van der Waals surface area contributed by atoms with Crippen LogP contribution in [0.25, 0.3) is 0 Å². The molecule has 116 valence electrons. The predicted molar refractivity (Wildman–Crippen MR) is 81.7 cm³/mol. The van der Waals surface area contributed by atoms with Gasteiger partial charge in [0.05, 0.1) is 28.0 Å². The van der Waals surface area contributed by atoms with Gasteiger partial charge in [0.15, 0.2) is 9.84 Å². The quantitative estimate of drug-likeness (QED) is 0.900. The fourth-order valence-corrected chi connectivity index (χ4v) is 3.92. The number of carbonyl (C=O) groups is 1. The highest BCUT2D eigenvalue weighted by Gasteiger charge is 2.29. The molecule has 0 spiro atoms. The summed E-state index contributed by atoms with van der Waals surface area (Å²) < 4.78 is 23.0. The summed E-state index contributed by atoms with van der Waals surface area (Å²) in [6.45, 7) is 0.640. The largest absolute Gasteiger partial charge is 0.481 e. The Balaban J connectivity index is 2.26. The van der Waals surface area contributed by atoms with Gasteiger partial charge in [-0.1, -0.05) is 29.3 Å². The maximum Gasteiger partial charge on any atom is 0.305 e. The molecule has 1 N–H and O–H groups in total. The van der Waals surface area contributed by atoms with E-state index in [0.29, 0.717) is 23.1 Å². The van der Waals surface area contributed by atoms with Gasteiger partial charge in [0.2, 0.25) is 0 Å². The van der Waals surface area contributed by atoms with Crippen molar-refractivity contribution in [2.24, 2.45) is 0 Å². The standard InChI is InChI=1S/C13H15Cl2NO4S/c14-10-2-1-9(7-11(10)15)12(8-13(17)18)16-3-5-21(19,20)6-4-16/h1-2,7,12H,3-6,8H2,(H,17,18)/t12-/m1/s1. The molecule has 1 fully saturated rings. The van der Waals surface area contributed by atoms with Crippen LogP contribution in [0.4, 0.5) is 0 Å². The van der Waals surface area contributed by atoms with E-state index < -0.39 is 21.8 Å². The summed E-state index contributed by atoms with van der Waals surface area (Å²) in [6.07, 6.45) is -0.113. The minimum atomic E-state index is -3.01. The third-order valence-electron chi connectivity index (χ3n) is 3.52. The monoisotopic (exact) mass is 351 g/mol. The molecular weight excluding hydrogens is 337 g/mol. The van der Waals surface area contributed by atoms with Gasteiger partial charge in [-0.05, 0) is 17.7 Å². The first-order chi connectivity index (χ1) is 9.78. The Labute approximate surface area is 133 Å². The van der Waals surface area contributed by atoms with E-state index in [-0.39, 0.29) is 17.9 Å². The molecule has 1 saturated heterocycles. The highest BCUT2D eigenvalue weighted by Crippen LogP contribution is 2.31. The molecule has 1 aliphatic rings. The Morgan fingerprint density at radius 2 is 1.86 bits per heavy atom. The van der Waals surface area contributed by atoms with Crippen LogP contribution in [0.15, 0.2) is 18.2 Å². The number of sulfone groups is 1. The second kappa shape index (κ2) is 6.52. The number of halogens is 2. The summed E-state index contributed by atoms with van der Waals surface area (Å²) in [5, 5.41) is 9.85. The van der Waals surface area contributed by atoms with Crippen LogP contribution in [-0.2, 0) is 14.6 Å². The predicted octanol–water partition coefficient (Wildman–Crippen LogP) is 2.24. The number of aliphatic carboxylic acids is 1. The molecule has 1 aromatic carbocycles. The van der Waals surface area contributed by atoms with Crippen molar-refractivity contribution < 1.29 is 18.3 Å².